The summed E-state index contributed by atoms with van der Waals surface area (Å²) in [5.41, 5.74) is 0. The van der Waals surface area contributed by atoms with Crippen LogP contribution < -0.4 is 0 Å². The molecule has 1 N–H and O–H groups in total. The molecule has 18 heavy (non-hydrogen) atoms. The molecule has 0 saturated carbocycles. The zero-order valence-corrected chi connectivity index (χ0v) is 13.1. The Hall–Kier alpha value is -0.180. The third-order valence-corrected chi connectivity index (χ3v) is 4.34. The van der Waals surface area contributed by atoms with Crippen LogP contribution in [-0.2, 0) is 4.79 Å². The summed E-state index contributed by atoms with van der Waals surface area (Å²) >= 11 is 1.58. The summed E-state index contributed by atoms with van der Waals surface area (Å²) in [6.45, 7) is 6.36. The number of carboxylic acid groups (broad SMARTS) is 1. The molecule has 0 aliphatic rings. The molecule has 0 aromatic rings. The molecule has 0 radical (unpaired) electrons. The number of thioether (sulfide) groups is 1. The van der Waals surface area contributed by atoms with E-state index in [0.29, 0.717) is 5.25 Å². The summed E-state index contributed by atoms with van der Waals surface area (Å²) in [6, 6.07) is 0. The average Bonchev–Trinajstić information content (AvgIpc) is 2.30. The van der Waals surface area contributed by atoms with Gasteiger partial charge < -0.3 is 5.11 Å². The van der Waals surface area contributed by atoms with Crippen LogP contribution in [-0.4, -0.2) is 21.6 Å². The maximum Gasteiger partial charge on any atom is 0.316 e. The van der Waals surface area contributed by atoms with Gasteiger partial charge in [-0.2, -0.15) is 0 Å². The molecular formula is C15H30O2S. The Kier molecular flexibility index (Phi) is 11.8. The fraction of sp³-hybridized carbons (Fsp3) is 0.933. The number of carbonyl (C=O) groups is 1. The van der Waals surface area contributed by atoms with E-state index in [-0.39, 0.29) is 5.25 Å². The molecule has 108 valence electrons. The van der Waals surface area contributed by atoms with E-state index < -0.39 is 5.97 Å². The Balaban J connectivity index is 3.47. The zero-order chi connectivity index (χ0) is 13.8. The van der Waals surface area contributed by atoms with E-state index in [1.54, 1.807) is 11.8 Å². The second-order valence-electron chi connectivity index (χ2n) is 5.28. The summed E-state index contributed by atoms with van der Waals surface area (Å²) in [6.07, 6.45) is 11.0. The van der Waals surface area contributed by atoms with Gasteiger partial charge in [0.05, 0.1) is 0 Å². The van der Waals surface area contributed by atoms with Gasteiger partial charge in [-0.1, -0.05) is 72.1 Å². The molecule has 2 nitrogen and oxygen atoms in total. The highest BCUT2D eigenvalue weighted by Gasteiger charge is 2.18. The van der Waals surface area contributed by atoms with Crippen LogP contribution in [0.2, 0.25) is 0 Å². The van der Waals surface area contributed by atoms with Crippen molar-refractivity contribution >= 4 is 17.7 Å². The molecule has 1 unspecified atom stereocenters. The highest BCUT2D eigenvalue weighted by Crippen LogP contribution is 2.23. The molecule has 0 saturated heterocycles. The SMILES string of the molecule is CCCCCCCCCCC(SC(C)C)C(=O)O. The Labute approximate surface area is 117 Å². The summed E-state index contributed by atoms with van der Waals surface area (Å²) in [4.78, 5) is 11.1. The van der Waals surface area contributed by atoms with E-state index in [4.69, 9.17) is 5.11 Å². The minimum atomic E-state index is -0.642. The van der Waals surface area contributed by atoms with Crippen molar-refractivity contribution in [1.82, 2.24) is 0 Å². The standard InChI is InChI=1S/C15H30O2S/c1-4-5-6-7-8-9-10-11-12-14(15(16)17)18-13(2)3/h13-14H,4-12H2,1-3H3,(H,16,17). The molecule has 0 rings (SSSR count). The fourth-order valence-corrected chi connectivity index (χ4v) is 3.12. The Morgan fingerprint density at radius 2 is 1.50 bits per heavy atom. The third-order valence-electron chi connectivity index (χ3n) is 3.03. The van der Waals surface area contributed by atoms with Crippen molar-refractivity contribution in [1.29, 1.82) is 0 Å². The van der Waals surface area contributed by atoms with Gasteiger partial charge in [-0.3, -0.25) is 4.79 Å². The molecule has 0 bridgehead atoms. The molecule has 0 aromatic carbocycles. The lowest BCUT2D eigenvalue weighted by Gasteiger charge is -2.14. The van der Waals surface area contributed by atoms with Crippen LogP contribution in [0.3, 0.4) is 0 Å². The highest BCUT2D eigenvalue weighted by molar-refractivity contribution is 8.01. The number of hydrogen-bond acceptors (Lipinski definition) is 2. The topological polar surface area (TPSA) is 37.3 Å². The van der Waals surface area contributed by atoms with E-state index in [0.717, 1.165) is 12.8 Å². The van der Waals surface area contributed by atoms with E-state index in [9.17, 15) is 4.79 Å². The van der Waals surface area contributed by atoms with E-state index in [1.807, 2.05) is 0 Å². The maximum atomic E-state index is 11.1. The lowest BCUT2D eigenvalue weighted by atomic mass is 10.1. The molecule has 1 atom stereocenters. The summed E-state index contributed by atoms with van der Waals surface area (Å²) in [5.74, 6) is -0.642. The van der Waals surface area contributed by atoms with Gasteiger partial charge in [0.1, 0.15) is 5.25 Å². The normalized spacial score (nSPS) is 12.9. The third kappa shape index (κ3) is 10.9. The molecule has 3 heteroatoms. The molecule has 0 aliphatic heterocycles. The predicted octanol–water partition coefficient (Wildman–Crippen LogP) is 5.11. The zero-order valence-electron chi connectivity index (χ0n) is 12.3. The number of aliphatic carboxylic acids is 1. The van der Waals surface area contributed by atoms with Gasteiger partial charge in [-0.05, 0) is 11.7 Å². The van der Waals surface area contributed by atoms with Crippen LogP contribution >= 0.6 is 11.8 Å². The van der Waals surface area contributed by atoms with Crippen molar-refractivity contribution in [2.24, 2.45) is 0 Å². The van der Waals surface area contributed by atoms with Crippen LogP contribution in [0.5, 0.6) is 0 Å². The second-order valence-corrected chi connectivity index (χ2v) is 7.06. The number of unbranched alkanes of at least 4 members (excludes halogenated alkanes) is 7. The molecule has 0 heterocycles. The lowest BCUT2D eigenvalue weighted by molar-refractivity contribution is -0.136. The van der Waals surface area contributed by atoms with Gasteiger partial charge in [0.25, 0.3) is 0 Å². The fourth-order valence-electron chi connectivity index (χ4n) is 2.04. The van der Waals surface area contributed by atoms with Gasteiger partial charge in [0.15, 0.2) is 0 Å². The van der Waals surface area contributed by atoms with Gasteiger partial charge in [-0.25, -0.2) is 0 Å². The number of carboxylic acids is 1. The van der Waals surface area contributed by atoms with Gasteiger partial charge in [0, 0.05) is 0 Å². The van der Waals surface area contributed by atoms with Crippen LogP contribution in [0.4, 0.5) is 0 Å². The molecule has 0 aliphatic carbocycles. The number of rotatable bonds is 12. The van der Waals surface area contributed by atoms with E-state index >= 15 is 0 Å². The van der Waals surface area contributed by atoms with Crippen LogP contribution in [0.15, 0.2) is 0 Å². The number of hydrogen-bond donors (Lipinski definition) is 1. The summed E-state index contributed by atoms with van der Waals surface area (Å²) in [7, 11) is 0. The van der Waals surface area contributed by atoms with Crippen molar-refractivity contribution < 1.29 is 9.90 Å². The van der Waals surface area contributed by atoms with Crippen LogP contribution in [0.1, 0.15) is 78.6 Å². The minimum Gasteiger partial charge on any atom is -0.480 e. The first-order valence-corrected chi connectivity index (χ1v) is 8.40. The van der Waals surface area contributed by atoms with E-state index in [1.165, 1.54) is 44.9 Å². The lowest BCUT2D eigenvalue weighted by Crippen LogP contribution is -2.18. The second kappa shape index (κ2) is 11.9. The van der Waals surface area contributed by atoms with Crippen molar-refractivity contribution in [2.45, 2.75) is 89.1 Å². The van der Waals surface area contributed by atoms with Crippen molar-refractivity contribution in [2.75, 3.05) is 0 Å². The monoisotopic (exact) mass is 274 g/mol. The first kappa shape index (κ1) is 17.8. The molecule has 0 amide bonds. The van der Waals surface area contributed by atoms with Gasteiger partial charge in [0.2, 0.25) is 0 Å². The maximum absolute atomic E-state index is 11.1. The van der Waals surface area contributed by atoms with Crippen LogP contribution in [0, 0.1) is 0 Å². The largest absolute Gasteiger partial charge is 0.480 e. The van der Waals surface area contributed by atoms with E-state index in [2.05, 4.69) is 20.8 Å². The van der Waals surface area contributed by atoms with Gasteiger partial charge >= 0.3 is 5.97 Å². The predicted molar refractivity (Wildman–Crippen MR) is 81.4 cm³/mol. The summed E-state index contributed by atoms with van der Waals surface area (Å²) < 4.78 is 0. The van der Waals surface area contributed by atoms with Crippen LogP contribution in [0.25, 0.3) is 0 Å². The quantitative estimate of drug-likeness (QED) is 0.502. The van der Waals surface area contributed by atoms with Crippen molar-refractivity contribution in [3.63, 3.8) is 0 Å². The Morgan fingerprint density at radius 1 is 1.00 bits per heavy atom. The molecule has 0 spiro atoms. The Bertz CT molecular complexity index is 205. The van der Waals surface area contributed by atoms with Crippen molar-refractivity contribution in [3.8, 4) is 0 Å². The first-order valence-electron chi connectivity index (χ1n) is 7.46. The minimum absolute atomic E-state index is 0.204. The Morgan fingerprint density at radius 3 is 1.94 bits per heavy atom. The smallest absolute Gasteiger partial charge is 0.316 e. The highest BCUT2D eigenvalue weighted by atomic mass is 32.2. The first-order chi connectivity index (χ1) is 8.57. The van der Waals surface area contributed by atoms with Crippen molar-refractivity contribution in [3.05, 3.63) is 0 Å². The summed E-state index contributed by atoms with van der Waals surface area (Å²) in [5, 5.41) is 9.30. The molecular weight excluding hydrogens is 244 g/mol. The van der Waals surface area contributed by atoms with Gasteiger partial charge in [-0.15, -0.1) is 11.8 Å². The molecule has 0 aromatic heterocycles. The average molecular weight is 274 g/mol. The molecule has 0 fully saturated rings.